The number of nitriles is 1. The van der Waals surface area contributed by atoms with Crippen LogP contribution in [-0.4, -0.2) is 9.78 Å². The van der Waals surface area contributed by atoms with Gasteiger partial charge in [-0.25, -0.2) is 4.68 Å². The highest BCUT2D eigenvalue weighted by atomic mass is 15.3. The molecule has 1 heterocycles. The van der Waals surface area contributed by atoms with Crippen LogP contribution >= 0.6 is 0 Å². The summed E-state index contributed by atoms with van der Waals surface area (Å²) in [6, 6.07) is 20.1. The second-order valence-electron chi connectivity index (χ2n) is 5.84. The molecule has 0 bridgehead atoms. The van der Waals surface area contributed by atoms with Gasteiger partial charge in [0.25, 0.3) is 0 Å². The molecule has 0 amide bonds. The molecule has 0 saturated carbocycles. The van der Waals surface area contributed by atoms with Crippen molar-refractivity contribution in [3.05, 3.63) is 83.2 Å². The van der Waals surface area contributed by atoms with Gasteiger partial charge in [-0.2, -0.15) is 10.4 Å². The number of benzene rings is 2. The summed E-state index contributed by atoms with van der Waals surface area (Å²) in [6.45, 7) is 4.99. The summed E-state index contributed by atoms with van der Waals surface area (Å²) in [6.07, 6.45) is 1.93. The Morgan fingerprint density at radius 2 is 1.83 bits per heavy atom. The maximum absolute atomic E-state index is 8.85. The molecular weight excluding hydrogens is 296 g/mol. The molecule has 4 heteroatoms. The van der Waals surface area contributed by atoms with E-state index < -0.39 is 0 Å². The van der Waals surface area contributed by atoms with E-state index in [1.165, 1.54) is 5.56 Å². The highest BCUT2D eigenvalue weighted by molar-refractivity contribution is 5.35. The third-order valence-electron chi connectivity index (χ3n) is 4.21. The molecule has 3 rings (SSSR count). The van der Waals surface area contributed by atoms with Gasteiger partial charge in [-0.05, 0) is 43.7 Å². The predicted molar refractivity (Wildman–Crippen MR) is 94.7 cm³/mol. The fourth-order valence-electron chi connectivity index (χ4n) is 2.75. The highest BCUT2D eigenvalue weighted by Crippen LogP contribution is 2.20. The lowest BCUT2D eigenvalue weighted by molar-refractivity contribution is 0.571. The molecule has 2 aromatic carbocycles. The molecule has 3 aromatic rings. The smallest absolute Gasteiger partial charge is 0.0991 e. The van der Waals surface area contributed by atoms with Crippen molar-refractivity contribution >= 4 is 0 Å². The first-order valence-electron chi connectivity index (χ1n) is 8.01. The van der Waals surface area contributed by atoms with E-state index >= 15 is 0 Å². The molecule has 0 saturated heterocycles. The Kier molecular flexibility index (Phi) is 4.74. The summed E-state index contributed by atoms with van der Waals surface area (Å²) >= 11 is 0. The summed E-state index contributed by atoms with van der Waals surface area (Å²) in [5.41, 5.74) is 5.25. The maximum Gasteiger partial charge on any atom is 0.0991 e. The van der Waals surface area contributed by atoms with E-state index in [1.54, 1.807) is 0 Å². The van der Waals surface area contributed by atoms with E-state index in [-0.39, 0.29) is 6.04 Å². The van der Waals surface area contributed by atoms with Crippen LogP contribution in [-0.2, 0) is 6.54 Å². The predicted octanol–water partition coefficient (Wildman–Crippen LogP) is 3.90. The largest absolute Gasteiger partial charge is 0.306 e. The molecule has 1 aromatic heterocycles. The van der Waals surface area contributed by atoms with Crippen LogP contribution in [0.25, 0.3) is 5.69 Å². The lowest BCUT2D eigenvalue weighted by Gasteiger charge is -2.14. The van der Waals surface area contributed by atoms with E-state index in [2.05, 4.69) is 42.5 Å². The van der Waals surface area contributed by atoms with Gasteiger partial charge in [-0.1, -0.05) is 30.3 Å². The average Bonchev–Trinajstić information content (AvgIpc) is 3.02. The van der Waals surface area contributed by atoms with Crippen molar-refractivity contribution in [1.29, 1.82) is 5.26 Å². The molecule has 1 N–H and O–H groups in total. The van der Waals surface area contributed by atoms with Crippen LogP contribution in [0.2, 0.25) is 0 Å². The summed E-state index contributed by atoms with van der Waals surface area (Å²) in [7, 11) is 0. The molecule has 0 spiro atoms. The van der Waals surface area contributed by atoms with E-state index in [9.17, 15) is 0 Å². The number of aromatic nitrogens is 2. The SMILES string of the molecule is Cc1c([C@H](C)NCc2ccc(C#N)cc2)cnn1-c1ccccc1. The van der Waals surface area contributed by atoms with Crippen LogP contribution in [0.4, 0.5) is 0 Å². The van der Waals surface area contributed by atoms with Crippen molar-refractivity contribution in [1.82, 2.24) is 15.1 Å². The molecular formula is C20H20N4. The van der Waals surface area contributed by atoms with Crippen molar-refractivity contribution in [2.24, 2.45) is 0 Å². The fourth-order valence-corrected chi connectivity index (χ4v) is 2.75. The van der Waals surface area contributed by atoms with E-state index in [0.717, 1.165) is 23.5 Å². The molecule has 0 unspecified atom stereocenters. The Balaban J connectivity index is 1.70. The van der Waals surface area contributed by atoms with Gasteiger partial charge in [0.1, 0.15) is 0 Å². The van der Waals surface area contributed by atoms with Crippen LogP contribution in [0.5, 0.6) is 0 Å². The Bertz CT molecular complexity index is 842. The minimum atomic E-state index is 0.193. The van der Waals surface area contributed by atoms with Gasteiger partial charge in [0.2, 0.25) is 0 Å². The van der Waals surface area contributed by atoms with Crippen LogP contribution in [0, 0.1) is 18.3 Å². The number of hydrogen-bond donors (Lipinski definition) is 1. The van der Waals surface area contributed by atoms with Crippen molar-refractivity contribution in [2.75, 3.05) is 0 Å². The van der Waals surface area contributed by atoms with Crippen LogP contribution in [0.1, 0.15) is 35.3 Å². The van der Waals surface area contributed by atoms with Gasteiger partial charge in [0.05, 0.1) is 23.5 Å². The van der Waals surface area contributed by atoms with Gasteiger partial charge < -0.3 is 5.32 Å². The number of hydrogen-bond acceptors (Lipinski definition) is 3. The Morgan fingerprint density at radius 3 is 2.50 bits per heavy atom. The topological polar surface area (TPSA) is 53.6 Å². The van der Waals surface area contributed by atoms with Gasteiger partial charge >= 0.3 is 0 Å². The van der Waals surface area contributed by atoms with Gasteiger partial charge in [0, 0.05) is 23.8 Å². The van der Waals surface area contributed by atoms with Gasteiger partial charge in [0.15, 0.2) is 0 Å². The van der Waals surface area contributed by atoms with E-state index in [4.69, 9.17) is 5.26 Å². The Labute approximate surface area is 142 Å². The van der Waals surface area contributed by atoms with E-state index in [1.807, 2.05) is 53.3 Å². The Morgan fingerprint density at radius 1 is 1.12 bits per heavy atom. The first-order chi connectivity index (χ1) is 11.7. The minimum absolute atomic E-state index is 0.193. The molecule has 0 aliphatic carbocycles. The maximum atomic E-state index is 8.85. The number of para-hydroxylation sites is 1. The standard InChI is InChI=1S/C20H20N4/c1-15(22-13-18-10-8-17(12-21)9-11-18)20-14-23-24(16(20)2)19-6-4-3-5-7-19/h3-11,14-15,22H,13H2,1-2H3/t15-/m0/s1. The van der Waals surface area contributed by atoms with Crippen LogP contribution < -0.4 is 5.32 Å². The fraction of sp³-hybridized carbons (Fsp3) is 0.200. The summed E-state index contributed by atoms with van der Waals surface area (Å²) < 4.78 is 1.97. The number of rotatable bonds is 5. The average molecular weight is 316 g/mol. The Hall–Kier alpha value is -2.90. The highest BCUT2D eigenvalue weighted by Gasteiger charge is 2.13. The zero-order chi connectivity index (χ0) is 16.9. The van der Waals surface area contributed by atoms with Gasteiger partial charge in [-0.3, -0.25) is 0 Å². The van der Waals surface area contributed by atoms with Gasteiger partial charge in [-0.15, -0.1) is 0 Å². The monoisotopic (exact) mass is 316 g/mol. The summed E-state index contributed by atoms with van der Waals surface area (Å²) in [5, 5.41) is 16.9. The zero-order valence-corrected chi connectivity index (χ0v) is 13.9. The van der Waals surface area contributed by atoms with Crippen LogP contribution in [0.3, 0.4) is 0 Å². The first-order valence-corrected chi connectivity index (χ1v) is 8.01. The number of nitrogens with zero attached hydrogens (tertiary/aromatic N) is 3. The summed E-state index contributed by atoms with van der Waals surface area (Å²) in [4.78, 5) is 0. The normalized spacial score (nSPS) is 11.9. The van der Waals surface area contributed by atoms with Crippen molar-refractivity contribution in [3.8, 4) is 11.8 Å². The second-order valence-corrected chi connectivity index (χ2v) is 5.84. The lowest BCUT2D eigenvalue weighted by atomic mass is 10.1. The molecule has 0 fully saturated rings. The van der Waals surface area contributed by atoms with Crippen LogP contribution in [0.15, 0.2) is 60.8 Å². The van der Waals surface area contributed by atoms with Crippen molar-refractivity contribution in [2.45, 2.75) is 26.4 Å². The molecule has 1 atom stereocenters. The second kappa shape index (κ2) is 7.12. The quantitative estimate of drug-likeness (QED) is 0.776. The number of nitrogens with one attached hydrogen (secondary N) is 1. The zero-order valence-electron chi connectivity index (χ0n) is 13.9. The third-order valence-corrected chi connectivity index (χ3v) is 4.21. The molecule has 0 aliphatic heterocycles. The molecule has 4 nitrogen and oxygen atoms in total. The summed E-state index contributed by atoms with van der Waals surface area (Å²) in [5.74, 6) is 0. The van der Waals surface area contributed by atoms with Crippen molar-refractivity contribution < 1.29 is 0 Å². The van der Waals surface area contributed by atoms with Crippen molar-refractivity contribution in [3.63, 3.8) is 0 Å². The molecule has 0 radical (unpaired) electrons. The third kappa shape index (κ3) is 3.37. The molecule has 120 valence electrons. The van der Waals surface area contributed by atoms with E-state index in [0.29, 0.717) is 5.56 Å². The molecule has 0 aliphatic rings. The lowest BCUT2D eigenvalue weighted by Crippen LogP contribution is -2.18. The minimum Gasteiger partial charge on any atom is -0.306 e. The first kappa shape index (κ1) is 16.0. The molecule has 24 heavy (non-hydrogen) atoms.